The molecule has 0 bridgehead atoms. The molecule has 0 spiro atoms. The lowest BCUT2D eigenvalue weighted by atomic mass is 9.97. The molecule has 0 saturated carbocycles. The van der Waals surface area contributed by atoms with Gasteiger partial charge in [-0.2, -0.15) is 0 Å². The maximum atomic E-state index is 8.86. The average Bonchev–Trinajstić information content (AvgIpc) is 2.38. The standard InChI is InChI=1S/C15H24N2O/c1-12(16)13-6-7-15-14(11-13)5-4-9-17(15)8-2-3-10-18/h6-7,11-12,18H,2-5,8-10,16H2,1H3. The maximum absolute atomic E-state index is 8.86. The number of aryl methyl sites for hydroxylation is 1. The first kappa shape index (κ1) is 13.4. The smallest absolute Gasteiger partial charge is 0.0431 e. The topological polar surface area (TPSA) is 49.5 Å². The molecule has 18 heavy (non-hydrogen) atoms. The highest BCUT2D eigenvalue weighted by molar-refractivity contribution is 5.57. The predicted octanol–water partition coefficient (Wildman–Crippen LogP) is 2.23. The number of nitrogens with two attached hydrogens (primary N) is 1. The predicted molar refractivity (Wildman–Crippen MR) is 75.9 cm³/mol. The van der Waals surface area contributed by atoms with E-state index in [-0.39, 0.29) is 6.04 Å². The molecule has 0 radical (unpaired) electrons. The maximum Gasteiger partial charge on any atom is 0.0431 e. The second kappa shape index (κ2) is 6.21. The largest absolute Gasteiger partial charge is 0.396 e. The molecule has 1 aromatic carbocycles. The molecule has 1 unspecified atom stereocenters. The molecule has 0 aromatic heterocycles. The Hall–Kier alpha value is -1.06. The molecule has 3 N–H and O–H groups in total. The van der Waals surface area contributed by atoms with Crippen LogP contribution < -0.4 is 10.6 Å². The summed E-state index contributed by atoms with van der Waals surface area (Å²) in [4.78, 5) is 2.44. The fourth-order valence-corrected chi connectivity index (χ4v) is 2.62. The van der Waals surface area contributed by atoms with Gasteiger partial charge in [0.2, 0.25) is 0 Å². The van der Waals surface area contributed by atoms with Gasteiger partial charge in [0.05, 0.1) is 0 Å². The third-order valence-electron chi connectivity index (χ3n) is 3.68. The first-order valence-electron chi connectivity index (χ1n) is 6.96. The highest BCUT2D eigenvalue weighted by Crippen LogP contribution is 2.29. The number of anilines is 1. The summed E-state index contributed by atoms with van der Waals surface area (Å²) >= 11 is 0. The van der Waals surface area contributed by atoms with Crippen LogP contribution in [0.3, 0.4) is 0 Å². The monoisotopic (exact) mass is 248 g/mol. The molecule has 2 rings (SSSR count). The van der Waals surface area contributed by atoms with Crippen molar-refractivity contribution in [3.05, 3.63) is 29.3 Å². The van der Waals surface area contributed by atoms with Crippen molar-refractivity contribution in [1.82, 2.24) is 0 Å². The van der Waals surface area contributed by atoms with Gasteiger partial charge >= 0.3 is 0 Å². The van der Waals surface area contributed by atoms with Gasteiger partial charge in [-0.3, -0.25) is 0 Å². The van der Waals surface area contributed by atoms with Crippen molar-refractivity contribution in [2.75, 3.05) is 24.6 Å². The number of fused-ring (bicyclic) bond motifs is 1. The molecule has 1 aliphatic heterocycles. The summed E-state index contributed by atoms with van der Waals surface area (Å²) in [7, 11) is 0. The number of hydrogen-bond acceptors (Lipinski definition) is 3. The van der Waals surface area contributed by atoms with Gasteiger partial charge < -0.3 is 15.7 Å². The fraction of sp³-hybridized carbons (Fsp3) is 0.600. The minimum atomic E-state index is 0.111. The molecule has 1 aliphatic rings. The van der Waals surface area contributed by atoms with E-state index in [4.69, 9.17) is 10.8 Å². The molecule has 0 amide bonds. The van der Waals surface area contributed by atoms with E-state index in [1.54, 1.807) is 0 Å². The quantitative estimate of drug-likeness (QED) is 0.786. The number of nitrogens with zero attached hydrogens (tertiary/aromatic N) is 1. The SMILES string of the molecule is CC(N)c1ccc2c(c1)CCCN2CCCCO. The van der Waals surface area contributed by atoms with Crippen molar-refractivity contribution in [2.24, 2.45) is 5.73 Å². The molecule has 1 aromatic rings. The van der Waals surface area contributed by atoms with Gasteiger partial charge in [0.1, 0.15) is 0 Å². The lowest BCUT2D eigenvalue weighted by Gasteiger charge is -2.32. The van der Waals surface area contributed by atoms with Crippen LogP contribution in [0.15, 0.2) is 18.2 Å². The van der Waals surface area contributed by atoms with Gasteiger partial charge in [0.15, 0.2) is 0 Å². The zero-order valence-corrected chi connectivity index (χ0v) is 11.2. The summed E-state index contributed by atoms with van der Waals surface area (Å²) in [6.07, 6.45) is 4.33. The minimum Gasteiger partial charge on any atom is -0.396 e. The Labute approximate surface area is 110 Å². The van der Waals surface area contributed by atoms with Crippen molar-refractivity contribution in [3.8, 4) is 0 Å². The molecule has 3 heteroatoms. The number of unbranched alkanes of at least 4 members (excludes halogenated alkanes) is 1. The van der Waals surface area contributed by atoms with E-state index in [1.165, 1.54) is 23.2 Å². The van der Waals surface area contributed by atoms with Crippen LogP contribution in [0.1, 0.15) is 43.4 Å². The van der Waals surface area contributed by atoms with Crippen LogP contribution in [-0.4, -0.2) is 24.8 Å². The van der Waals surface area contributed by atoms with Crippen LogP contribution in [0, 0.1) is 0 Å². The second-order valence-corrected chi connectivity index (χ2v) is 5.20. The normalized spacial score (nSPS) is 16.5. The summed E-state index contributed by atoms with van der Waals surface area (Å²) < 4.78 is 0. The van der Waals surface area contributed by atoms with E-state index in [9.17, 15) is 0 Å². The Morgan fingerprint density at radius 1 is 1.39 bits per heavy atom. The summed E-state index contributed by atoms with van der Waals surface area (Å²) in [6, 6.07) is 6.73. The number of aliphatic hydroxyl groups excluding tert-OH is 1. The molecule has 100 valence electrons. The third-order valence-corrected chi connectivity index (χ3v) is 3.68. The van der Waals surface area contributed by atoms with E-state index in [1.807, 2.05) is 6.92 Å². The highest BCUT2D eigenvalue weighted by atomic mass is 16.2. The number of hydrogen-bond donors (Lipinski definition) is 2. The Balaban J connectivity index is 2.11. The van der Waals surface area contributed by atoms with Gasteiger partial charge in [-0.05, 0) is 49.8 Å². The van der Waals surface area contributed by atoms with Gasteiger partial charge in [-0.15, -0.1) is 0 Å². The summed E-state index contributed by atoms with van der Waals surface area (Å²) in [5, 5.41) is 8.86. The highest BCUT2D eigenvalue weighted by Gasteiger charge is 2.17. The molecule has 0 fully saturated rings. The zero-order valence-electron chi connectivity index (χ0n) is 11.2. The first-order chi connectivity index (χ1) is 8.72. The van der Waals surface area contributed by atoms with Gasteiger partial charge in [-0.25, -0.2) is 0 Å². The average molecular weight is 248 g/mol. The molecule has 0 saturated heterocycles. The van der Waals surface area contributed by atoms with E-state index in [2.05, 4.69) is 23.1 Å². The molecular formula is C15H24N2O. The molecule has 1 atom stereocenters. The van der Waals surface area contributed by atoms with Crippen LogP contribution in [0.5, 0.6) is 0 Å². The molecule has 0 aliphatic carbocycles. The molecular weight excluding hydrogens is 224 g/mol. The van der Waals surface area contributed by atoms with Gasteiger partial charge in [-0.1, -0.05) is 12.1 Å². The van der Waals surface area contributed by atoms with Crippen molar-refractivity contribution in [2.45, 2.75) is 38.6 Å². The van der Waals surface area contributed by atoms with Crippen molar-refractivity contribution >= 4 is 5.69 Å². The van der Waals surface area contributed by atoms with Crippen LogP contribution in [0.25, 0.3) is 0 Å². The lowest BCUT2D eigenvalue weighted by molar-refractivity contribution is 0.285. The number of rotatable bonds is 5. The van der Waals surface area contributed by atoms with Crippen LogP contribution in [0.4, 0.5) is 5.69 Å². The summed E-state index contributed by atoms with van der Waals surface area (Å²) in [5.74, 6) is 0. The minimum absolute atomic E-state index is 0.111. The Kier molecular flexibility index (Phi) is 4.61. The number of aliphatic hydroxyl groups is 1. The van der Waals surface area contributed by atoms with Crippen LogP contribution in [-0.2, 0) is 6.42 Å². The van der Waals surface area contributed by atoms with E-state index in [0.717, 1.165) is 32.4 Å². The fourth-order valence-electron chi connectivity index (χ4n) is 2.62. The van der Waals surface area contributed by atoms with Crippen LogP contribution in [0.2, 0.25) is 0 Å². The lowest BCUT2D eigenvalue weighted by Crippen LogP contribution is -2.30. The molecule has 3 nitrogen and oxygen atoms in total. The Morgan fingerprint density at radius 2 is 2.22 bits per heavy atom. The van der Waals surface area contributed by atoms with Crippen molar-refractivity contribution in [3.63, 3.8) is 0 Å². The van der Waals surface area contributed by atoms with Crippen molar-refractivity contribution < 1.29 is 5.11 Å². The van der Waals surface area contributed by atoms with Gasteiger partial charge in [0, 0.05) is 31.4 Å². The van der Waals surface area contributed by atoms with Crippen molar-refractivity contribution in [1.29, 1.82) is 0 Å². The second-order valence-electron chi connectivity index (χ2n) is 5.20. The first-order valence-corrected chi connectivity index (χ1v) is 6.96. The number of benzene rings is 1. The van der Waals surface area contributed by atoms with E-state index in [0.29, 0.717) is 6.61 Å². The van der Waals surface area contributed by atoms with E-state index < -0.39 is 0 Å². The van der Waals surface area contributed by atoms with Crippen LogP contribution >= 0.6 is 0 Å². The zero-order chi connectivity index (χ0) is 13.0. The summed E-state index contributed by atoms with van der Waals surface area (Å²) in [6.45, 7) is 4.51. The third kappa shape index (κ3) is 3.03. The van der Waals surface area contributed by atoms with E-state index >= 15 is 0 Å². The molecule has 1 heterocycles. The Bertz CT molecular complexity index is 390. The van der Waals surface area contributed by atoms with Gasteiger partial charge in [0.25, 0.3) is 0 Å². The Morgan fingerprint density at radius 3 is 2.94 bits per heavy atom. The summed E-state index contributed by atoms with van der Waals surface area (Å²) in [5.41, 5.74) is 9.96.